The average Bonchev–Trinajstić information content (AvgIpc) is 2.04. The maximum absolute atomic E-state index is 11.1. The minimum Gasteiger partial charge on any atom is -0.341 e. The zero-order valence-electron chi connectivity index (χ0n) is 8.18. The van der Waals surface area contributed by atoms with Gasteiger partial charge in [-0.25, -0.2) is 4.79 Å². The topological polar surface area (TPSA) is 32.3 Å². The van der Waals surface area contributed by atoms with Crippen LogP contribution in [-0.4, -0.2) is 31.1 Å². The second kappa shape index (κ2) is 3.33. The Balaban J connectivity index is 2.40. The molecule has 0 radical (unpaired) electrons. The number of nitrogens with zero attached hydrogens (tertiary/aromatic N) is 1. The number of rotatable bonds is 2. The molecule has 0 aliphatic carbocycles. The van der Waals surface area contributed by atoms with Crippen molar-refractivity contribution >= 4 is 6.03 Å². The number of carbonyl (C=O) groups excluding carboxylic acids is 1. The third-order valence-electron chi connectivity index (χ3n) is 3.05. The van der Waals surface area contributed by atoms with Gasteiger partial charge in [-0.2, -0.15) is 0 Å². The summed E-state index contributed by atoms with van der Waals surface area (Å²) in [5.74, 6) is 0. The van der Waals surface area contributed by atoms with E-state index < -0.39 is 0 Å². The molecule has 1 aliphatic rings. The quantitative estimate of drug-likeness (QED) is 0.668. The molecule has 0 atom stereocenters. The third kappa shape index (κ3) is 1.40. The van der Waals surface area contributed by atoms with E-state index in [9.17, 15) is 4.79 Å². The van der Waals surface area contributed by atoms with Gasteiger partial charge in [0.05, 0.1) is 0 Å². The van der Waals surface area contributed by atoms with Crippen LogP contribution in [0.3, 0.4) is 0 Å². The number of amides is 2. The summed E-state index contributed by atoms with van der Waals surface area (Å²) in [6, 6.07) is 0.0625. The standard InChI is InChI=1S/C9H18N2O/c1-4-9(5-2)6-11(7-9)8(12)10-3/h4-7H2,1-3H3,(H,10,12). The van der Waals surface area contributed by atoms with Crippen LogP contribution in [0.5, 0.6) is 0 Å². The van der Waals surface area contributed by atoms with E-state index >= 15 is 0 Å². The van der Waals surface area contributed by atoms with E-state index in [0.29, 0.717) is 5.41 Å². The molecule has 2 amide bonds. The van der Waals surface area contributed by atoms with Gasteiger partial charge >= 0.3 is 6.03 Å². The van der Waals surface area contributed by atoms with Crippen molar-refractivity contribution in [1.82, 2.24) is 10.2 Å². The van der Waals surface area contributed by atoms with Crippen molar-refractivity contribution in [2.75, 3.05) is 20.1 Å². The minimum absolute atomic E-state index is 0.0625. The van der Waals surface area contributed by atoms with Crippen LogP contribution < -0.4 is 5.32 Å². The van der Waals surface area contributed by atoms with E-state index in [1.807, 2.05) is 4.90 Å². The van der Waals surface area contributed by atoms with Crippen LogP contribution in [0.1, 0.15) is 26.7 Å². The lowest BCUT2D eigenvalue weighted by molar-refractivity contribution is 0.0255. The van der Waals surface area contributed by atoms with E-state index in [-0.39, 0.29) is 6.03 Å². The van der Waals surface area contributed by atoms with Crippen LogP contribution in [0.4, 0.5) is 4.79 Å². The molecule has 0 unspecified atom stereocenters. The molecule has 1 rings (SSSR count). The smallest absolute Gasteiger partial charge is 0.317 e. The number of carbonyl (C=O) groups is 1. The Labute approximate surface area is 74.1 Å². The molecule has 12 heavy (non-hydrogen) atoms. The lowest BCUT2D eigenvalue weighted by atomic mass is 9.75. The average molecular weight is 170 g/mol. The SMILES string of the molecule is CCC1(CC)CN(C(=O)NC)C1. The Morgan fingerprint density at radius 1 is 1.42 bits per heavy atom. The predicted molar refractivity (Wildman–Crippen MR) is 49.0 cm³/mol. The number of nitrogens with one attached hydrogen (secondary N) is 1. The van der Waals surface area contributed by atoms with Gasteiger partial charge in [-0.3, -0.25) is 0 Å². The molecule has 1 aliphatic heterocycles. The first kappa shape index (κ1) is 9.36. The van der Waals surface area contributed by atoms with Crippen LogP contribution in [0, 0.1) is 5.41 Å². The van der Waals surface area contributed by atoms with Gasteiger partial charge in [-0.05, 0) is 12.8 Å². The summed E-state index contributed by atoms with van der Waals surface area (Å²) in [6.45, 7) is 6.26. The monoisotopic (exact) mass is 170 g/mol. The highest BCUT2D eigenvalue weighted by Crippen LogP contribution is 2.36. The molecule has 0 saturated carbocycles. The fraction of sp³-hybridized carbons (Fsp3) is 0.889. The van der Waals surface area contributed by atoms with Gasteiger partial charge in [0.1, 0.15) is 0 Å². The van der Waals surface area contributed by atoms with Gasteiger partial charge in [0, 0.05) is 25.6 Å². The van der Waals surface area contributed by atoms with Crippen molar-refractivity contribution in [3.05, 3.63) is 0 Å². The predicted octanol–water partition coefficient (Wildman–Crippen LogP) is 1.45. The van der Waals surface area contributed by atoms with Crippen LogP contribution >= 0.6 is 0 Å². The molecule has 0 spiro atoms. The summed E-state index contributed by atoms with van der Waals surface area (Å²) < 4.78 is 0. The molecule has 0 aromatic carbocycles. The number of hydrogen-bond donors (Lipinski definition) is 1. The molecule has 0 aromatic heterocycles. The van der Waals surface area contributed by atoms with Gasteiger partial charge in [0.15, 0.2) is 0 Å². The highest BCUT2D eigenvalue weighted by molar-refractivity contribution is 5.74. The van der Waals surface area contributed by atoms with Crippen molar-refractivity contribution in [2.45, 2.75) is 26.7 Å². The highest BCUT2D eigenvalue weighted by atomic mass is 16.2. The van der Waals surface area contributed by atoms with Crippen molar-refractivity contribution in [3.63, 3.8) is 0 Å². The van der Waals surface area contributed by atoms with Crippen LogP contribution in [0.15, 0.2) is 0 Å². The first-order valence-electron chi connectivity index (χ1n) is 4.64. The Bertz CT molecular complexity index is 167. The van der Waals surface area contributed by atoms with Crippen LogP contribution in [0.25, 0.3) is 0 Å². The summed E-state index contributed by atoms with van der Waals surface area (Å²) in [7, 11) is 1.68. The Hall–Kier alpha value is -0.730. The molecule has 1 saturated heterocycles. The molecular weight excluding hydrogens is 152 g/mol. The molecular formula is C9H18N2O. The van der Waals surface area contributed by atoms with Crippen molar-refractivity contribution < 1.29 is 4.79 Å². The van der Waals surface area contributed by atoms with Crippen LogP contribution in [-0.2, 0) is 0 Å². The van der Waals surface area contributed by atoms with E-state index in [4.69, 9.17) is 0 Å². The Morgan fingerprint density at radius 3 is 2.25 bits per heavy atom. The molecule has 70 valence electrons. The zero-order valence-corrected chi connectivity index (χ0v) is 8.18. The Morgan fingerprint density at radius 2 is 1.92 bits per heavy atom. The van der Waals surface area contributed by atoms with Gasteiger partial charge in [-0.15, -0.1) is 0 Å². The summed E-state index contributed by atoms with van der Waals surface area (Å²) in [5, 5.41) is 2.64. The van der Waals surface area contributed by atoms with E-state index in [0.717, 1.165) is 13.1 Å². The fourth-order valence-corrected chi connectivity index (χ4v) is 1.76. The third-order valence-corrected chi connectivity index (χ3v) is 3.05. The normalized spacial score (nSPS) is 20.1. The molecule has 3 heteroatoms. The van der Waals surface area contributed by atoms with Crippen molar-refractivity contribution in [2.24, 2.45) is 5.41 Å². The van der Waals surface area contributed by atoms with Gasteiger partial charge in [0.2, 0.25) is 0 Å². The van der Waals surface area contributed by atoms with Gasteiger partial charge < -0.3 is 10.2 Å². The second-order valence-corrected chi connectivity index (χ2v) is 3.62. The van der Waals surface area contributed by atoms with E-state index in [2.05, 4.69) is 19.2 Å². The maximum Gasteiger partial charge on any atom is 0.317 e. The van der Waals surface area contributed by atoms with Gasteiger partial charge in [-0.1, -0.05) is 13.8 Å². The lowest BCUT2D eigenvalue weighted by Crippen LogP contribution is -2.59. The van der Waals surface area contributed by atoms with Crippen molar-refractivity contribution in [1.29, 1.82) is 0 Å². The van der Waals surface area contributed by atoms with E-state index in [1.54, 1.807) is 7.05 Å². The molecule has 1 N–H and O–H groups in total. The number of urea groups is 1. The molecule has 0 aromatic rings. The first-order chi connectivity index (χ1) is 5.67. The molecule has 1 heterocycles. The first-order valence-corrected chi connectivity index (χ1v) is 4.64. The second-order valence-electron chi connectivity index (χ2n) is 3.62. The molecule has 3 nitrogen and oxygen atoms in total. The van der Waals surface area contributed by atoms with Gasteiger partial charge in [0.25, 0.3) is 0 Å². The summed E-state index contributed by atoms with van der Waals surface area (Å²) in [4.78, 5) is 13.0. The largest absolute Gasteiger partial charge is 0.341 e. The highest BCUT2D eigenvalue weighted by Gasteiger charge is 2.41. The summed E-state index contributed by atoms with van der Waals surface area (Å²) >= 11 is 0. The molecule has 0 bridgehead atoms. The lowest BCUT2D eigenvalue weighted by Gasteiger charge is -2.49. The van der Waals surface area contributed by atoms with E-state index in [1.165, 1.54) is 12.8 Å². The number of likely N-dealkylation sites (tertiary alicyclic amines) is 1. The summed E-state index contributed by atoms with van der Waals surface area (Å²) in [5.41, 5.74) is 0.423. The minimum atomic E-state index is 0.0625. The fourth-order valence-electron chi connectivity index (χ4n) is 1.76. The van der Waals surface area contributed by atoms with Crippen molar-refractivity contribution in [3.8, 4) is 0 Å². The maximum atomic E-state index is 11.1. The van der Waals surface area contributed by atoms with Crippen LogP contribution in [0.2, 0.25) is 0 Å². The Kier molecular flexibility index (Phi) is 2.60. The molecule has 1 fully saturated rings. The zero-order chi connectivity index (χ0) is 9.19. The number of hydrogen-bond acceptors (Lipinski definition) is 1. The summed E-state index contributed by atoms with van der Waals surface area (Å²) in [6.07, 6.45) is 2.36.